The van der Waals surface area contributed by atoms with E-state index < -0.39 is 27.9 Å². The summed E-state index contributed by atoms with van der Waals surface area (Å²) in [6, 6.07) is 19.3. The van der Waals surface area contributed by atoms with Gasteiger partial charge in [0, 0.05) is 32.5 Å². The Balaban J connectivity index is 1.64. The zero-order valence-electron chi connectivity index (χ0n) is 22.6. The average molecular weight is 617 g/mol. The molecule has 1 N–H and O–H groups in total. The molecule has 0 unspecified atom stereocenters. The molecular formula is C30H31Cl2N3O5S. The minimum absolute atomic E-state index is 0.0232. The molecule has 41 heavy (non-hydrogen) atoms. The fourth-order valence-electron chi connectivity index (χ4n) is 4.69. The lowest BCUT2D eigenvalue weighted by Crippen LogP contribution is -2.51. The van der Waals surface area contributed by atoms with Crippen LogP contribution < -0.4 is 5.32 Å². The maximum absolute atomic E-state index is 13.9. The SMILES string of the molecule is CCCCNC(=O)[C@@H](Cc1ccccc1)N(Cc1ccc(Cl)c(Cl)c1)C(=O)CCN1C(=O)c2ccccc2S1(=O)=O. The summed E-state index contributed by atoms with van der Waals surface area (Å²) in [4.78, 5) is 41.7. The Morgan fingerprint density at radius 3 is 2.34 bits per heavy atom. The van der Waals surface area contributed by atoms with Crippen molar-refractivity contribution in [2.45, 2.75) is 50.1 Å². The Morgan fingerprint density at radius 1 is 0.951 bits per heavy atom. The number of carbonyl (C=O) groups is 3. The predicted octanol–water partition coefficient (Wildman–Crippen LogP) is 5.08. The van der Waals surface area contributed by atoms with Gasteiger partial charge in [-0.3, -0.25) is 14.4 Å². The van der Waals surface area contributed by atoms with Gasteiger partial charge in [-0.2, -0.15) is 0 Å². The zero-order chi connectivity index (χ0) is 29.6. The normalized spacial score (nSPS) is 14.4. The molecule has 1 atom stereocenters. The lowest BCUT2D eigenvalue weighted by molar-refractivity contribution is -0.141. The lowest BCUT2D eigenvalue weighted by Gasteiger charge is -2.32. The molecule has 0 radical (unpaired) electrons. The molecule has 0 bridgehead atoms. The van der Waals surface area contributed by atoms with Gasteiger partial charge < -0.3 is 10.2 Å². The molecule has 0 aromatic heterocycles. The first-order chi connectivity index (χ1) is 19.6. The van der Waals surface area contributed by atoms with Crippen LogP contribution in [0.1, 0.15) is 47.7 Å². The molecule has 0 saturated heterocycles. The maximum Gasteiger partial charge on any atom is 0.269 e. The number of hydrogen-bond acceptors (Lipinski definition) is 5. The molecule has 4 rings (SSSR count). The van der Waals surface area contributed by atoms with Crippen LogP contribution in [0.25, 0.3) is 0 Å². The van der Waals surface area contributed by atoms with E-state index in [1.807, 2.05) is 37.3 Å². The van der Waals surface area contributed by atoms with Crippen molar-refractivity contribution in [2.24, 2.45) is 0 Å². The number of hydrogen-bond donors (Lipinski definition) is 1. The fraction of sp³-hybridized carbons (Fsp3) is 0.300. The molecule has 3 aromatic carbocycles. The molecule has 216 valence electrons. The van der Waals surface area contributed by atoms with Crippen molar-refractivity contribution in [3.63, 3.8) is 0 Å². The highest BCUT2D eigenvalue weighted by Crippen LogP contribution is 2.30. The van der Waals surface area contributed by atoms with Crippen LogP contribution in [-0.2, 0) is 32.6 Å². The summed E-state index contributed by atoms with van der Waals surface area (Å²) in [7, 11) is -4.08. The molecule has 3 aromatic rings. The Hall–Kier alpha value is -3.40. The van der Waals surface area contributed by atoms with Crippen LogP contribution in [0, 0.1) is 0 Å². The highest BCUT2D eigenvalue weighted by atomic mass is 35.5. The average Bonchev–Trinajstić information content (AvgIpc) is 3.16. The first-order valence-electron chi connectivity index (χ1n) is 13.3. The number of unbranched alkanes of at least 4 members (excludes halogenated alkanes) is 1. The Labute approximate surface area is 250 Å². The largest absolute Gasteiger partial charge is 0.354 e. The Bertz CT molecular complexity index is 1530. The first kappa shape index (κ1) is 30.6. The second kappa shape index (κ2) is 13.5. The van der Waals surface area contributed by atoms with Gasteiger partial charge in [-0.1, -0.05) is 85.1 Å². The Kier molecular flexibility index (Phi) is 10.1. The molecule has 0 fully saturated rings. The van der Waals surface area contributed by atoms with Gasteiger partial charge >= 0.3 is 0 Å². The van der Waals surface area contributed by atoms with Crippen molar-refractivity contribution < 1.29 is 22.8 Å². The highest BCUT2D eigenvalue weighted by Gasteiger charge is 2.41. The van der Waals surface area contributed by atoms with Crippen LogP contribution >= 0.6 is 23.2 Å². The molecule has 0 saturated carbocycles. The molecule has 8 nitrogen and oxygen atoms in total. The summed E-state index contributed by atoms with van der Waals surface area (Å²) < 4.78 is 26.8. The smallest absolute Gasteiger partial charge is 0.269 e. The minimum Gasteiger partial charge on any atom is -0.354 e. The van der Waals surface area contributed by atoms with Gasteiger partial charge in [0.15, 0.2) is 0 Å². The summed E-state index contributed by atoms with van der Waals surface area (Å²) in [5.41, 5.74) is 1.57. The van der Waals surface area contributed by atoms with Gasteiger partial charge in [-0.05, 0) is 41.8 Å². The van der Waals surface area contributed by atoms with Crippen LogP contribution in [0.2, 0.25) is 10.0 Å². The predicted molar refractivity (Wildman–Crippen MR) is 158 cm³/mol. The molecule has 0 spiro atoms. The molecule has 1 heterocycles. The second-order valence-electron chi connectivity index (χ2n) is 9.75. The van der Waals surface area contributed by atoms with Crippen LogP contribution in [-0.4, -0.2) is 54.5 Å². The third kappa shape index (κ3) is 7.09. The topological polar surface area (TPSA) is 104 Å². The summed E-state index contributed by atoms with van der Waals surface area (Å²) in [6.45, 7) is 2.13. The van der Waals surface area contributed by atoms with E-state index in [1.54, 1.807) is 30.3 Å². The number of rotatable bonds is 12. The number of sulfonamides is 1. The van der Waals surface area contributed by atoms with Crippen molar-refractivity contribution in [3.8, 4) is 0 Å². The van der Waals surface area contributed by atoms with Crippen molar-refractivity contribution in [1.82, 2.24) is 14.5 Å². The van der Waals surface area contributed by atoms with Crippen molar-refractivity contribution in [3.05, 3.63) is 99.5 Å². The molecule has 1 aliphatic heterocycles. The molecule has 3 amide bonds. The molecule has 0 aliphatic carbocycles. The number of nitrogens with zero attached hydrogens (tertiary/aromatic N) is 2. The van der Waals surface area contributed by atoms with E-state index in [4.69, 9.17) is 23.2 Å². The minimum atomic E-state index is -4.08. The van der Waals surface area contributed by atoms with Gasteiger partial charge in [0.05, 0.1) is 15.6 Å². The third-order valence-corrected chi connectivity index (χ3v) is 9.46. The number of carbonyl (C=O) groups excluding carboxylic acids is 3. The number of benzene rings is 3. The number of nitrogens with one attached hydrogen (secondary N) is 1. The number of halogens is 2. The first-order valence-corrected chi connectivity index (χ1v) is 15.5. The lowest BCUT2D eigenvalue weighted by atomic mass is 10.0. The van der Waals surface area contributed by atoms with Crippen LogP contribution in [0.3, 0.4) is 0 Å². The Morgan fingerprint density at radius 2 is 1.66 bits per heavy atom. The van der Waals surface area contributed by atoms with Gasteiger partial charge in [0.1, 0.15) is 10.9 Å². The van der Waals surface area contributed by atoms with E-state index in [2.05, 4.69) is 5.32 Å². The van der Waals surface area contributed by atoms with Crippen molar-refractivity contribution in [1.29, 1.82) is 0 Å². The standard InChI is InChI=1S/C30H31Cl2N3O5S/c1-2-3-16-33-29(37)26(19-21-9-5-4-6-10-21)34(20-22-13-14-24(31)25(32)18-22)28(36)15-17-35-30(38)23-11-7-8-12-27(23)41(35,39)40/h4-14,18,26H,2-3,15-17,19-20H2,1H3,(H,33,37)/t26-/m1/s1. The summed E-state index contributed by atoms with van der Waals surface area (Å²) in [5.74, 6) is -1.49. The zero-order valence-corrected chi connectivity index (χ0v) is 24.9. The van der Waals surface area contributed by atoms with Gasteiger partial charge in [-0.15, -0.1) is 0 Å². The van der Waals surface area contributed by atoms with Crippen LogP contribution in [0.4, 0.5) is 0 Å². The summed E-state index contributed by atoms with van der Waals surface area (Å²) in [6.07, 6.45) is 1.59. The third-order valence-electron chi connectivity index (χ3n) is 6.88. The second-order valence-corrected chi connectivity index (χ2v) is 12.4. The molecular weight excluding hydrogens is 585 g/mol. The van der Waals surface area contributed by atoms with Gasteiger partial charge in [0.2, 0.25) is 11.8 Å². The molecule has 1 aliphatic rings. The van der Waals surface area contributed by atoms with Gasteiger partial charge in [0.25, 0.3) is 15.9 Å². The van der Waals surface area contributed by atoms with E-state index in [1.165, 1.54) is 17.0 Å². The van der Waals surface area contributed by atoms with E-state index >= 15 is 0 Å². The maximum atomic E-state index is 13.9. The van der Waals surface area contributed by atoms with Gasteiger partial charge in [-0.25, -0.2) is 12.7 Å². The molecule has 11 heteroatoms. The highest BCUT2D eigenvalue weighted by molar-refractivity contribution is 7.90. The van der Waals surface area contributed by atoms with E-state index in [0.29, 0.717) is 22.2 Å². The van der Waals surface area contributed by atoms with Crippen LogP contribution in [0.15, 0.2) is 77.7 Å². The number of amides is 3. The number of fused-ring (bicyclic) bond motifs is 1. The van der Waals surface area contributed by atoms with E-state index in [9.17, 15) is 22.8 Å². The summed E-state index contributed by atoms with van der Waals surface area (Å²) >= 11 is 12.3. The monoisotopic (exact) mass is 615 g/mol. The fourth-order valence-corrected chi connectivity index (χ4v) is 6.58. The summed E-state index contributed by atoms with van der Waals surface area (Å²) in [5, 5.41) is 3.59. The van der Waals surface area contributed by atoms with Crippen molar-refractivity contribution >= 4 is 50.9 Å². The van der Waals surface area contributed by atoms with Crippen LogP contribution in [0.5, 0.6) is 0 Å². The van der Waals surface area contributed by atoms with Crippen molar-refractivity contribution in [2.75, 3.05) is 13.1 Å². The van der Waals surface area contributed by atoms with E-state index in [0.717, 1.165) is 22.7 Å². The quantitative estimate of drug-likeness (QED) is 0.286. The van der Waals surface area contributed by atoms with E-state index in [-0.39, 0.29) is 42.3 Å².